The monoisotopic (exact) mass is 412 g/mol. The number of hydrogen-bond donors (Lipinski definition) is 1. The molecule has 0 unspecified atom stereocenters. The summed E-state index contributed by atoms with van der Waals surface area (Å²) in [5.74, 6) is 2.11. The van der Waals surface area contributed by atoms with Crippen LogP contribution in [0.2, 0.25) is 5.02 Å². The molecule has 0 bridgehead atoms. The van der Waals surface area contributed by atoms with Gasteiger partial charge in [-0.2, -0.15) is 0 Å². The lowest BCUT2D eigenvalue weighted by Gasteiger charge is -2.14. The molecule has 0 radical (unpaired) electrons. The molecule has 5 heteroatoms. The number of hydrogen-bond acceptors (Lipinski definition) is 2. The van der Waals surface area contributed by atoms with E-state index in [1.54, 1.807) is 7.11 Å². The number of halogens is 2. The lowest BCUT2D eigenvalue weighted by Crippen LogP contribution is -2.83. The van der Waals surface area contributed by atoms with E-state index >= 15 is 0 Å². The summed E-state index contributed by atoms with van der Waals surface area (Å²) in [6, 6.07) is 11.7. The van der Waals surface area contributed by atoms with Crippen LogP contribution in [-0.4, -0.2) is 13.7 Å². The Hall–Kier alpha value is -1.23. The fourth-order valence-electron chi connectivity index (χ4n) is 2.35. The summed E-state index contributed by atoms with van der Waals surface area (Å²) in [7, 11) is 1.66. The number of ether oxygens (including phenoxy) is 2. The molecule has 0 saturated carbocycles. The molecule has 2 aromatic rings. The van der Waals surface area contributed by atoms with E-state index in [9.17, 15) is 0 Å². The Balaban J connectivity index is 2.10. The van der Waals surface area contributed by atoms with E-state index in [0.717, 1.165) is 28.9 Å². The van der Waals surface area contributed by atoms with Crippen LogP contribution in [0.1, 0.15) is 25.0 Å². The molecule has 2 rings (SSSR count). The Labute approximate surface area is 157 Å². The SMILES string of the molecule is COc1cc(C[NH2+]CC(C)C)c(Br)cc1OCc1ccccc1Cl. The van der Waals surface area contributed by atoms with E-state index < -0.39 is 0 Å². The van der Waals surface area contributed by atoms with Gasteiger partial charge in [-0.25, -0.2) is 0 Å². The Bertz CT molecular complexity index is 676. The van der Waals surface area contributed by atoms with Crippen molar-refractivity contribution in [2.45, 2.75) is 27.0 Å². The van der Waals surface area contributed by atoms with Crippen LogP contribution >= 0.6 is 27.5 Å². The molecule has 24 heavy (non-hydrogen) atoms. The van der Waals surface area contributed by atoms with Crippen LogP contribution in [0, 0.1) is 5.92 Å². The highest BCUT2D eigenvalue weighted by atomic mass is 79.9. The van der Waals surface area contributed by atoms with Crippen LogP contribution in [0.25, 0.3) is 0 Å². The van der Waals surface area contributed by atoms with Crippen LogP contribution in [0.3, 0.4) is 0 Å². The van der Waals surface area contributed by atoms with E-state index in [-0.39, 0.29) is 0 Å². The Morgan fingerprint density at radius 1 is 1.12 bits per heavy atom. The van der Waals surface area contributed by atoms with Crippen molar-refractivity contribution in [3.05, 3.63) is 57.0 Å². The molecule has 0 spiro atoms. The predicted octanol–water partition coefficient (Wildman–Crippen LogP) is 4.41. The van der Waals surface area contributed by atoms with E-state index in [2.05, 4.69) is 35.1 Å². The number of benzene rings is 2. The molecule has 2 aromatic carbocycles. The summed E-state index contributed by atoms with van der Waals surface area (Å²) in [4.78, 5) is 0. The van der Waals surface area contributed by atoms with Gasteiger partial charge in [0.2, 0.25) is 0 Å². The smallest absolute Gasteiger partial charge is 0.162 e. The number of nitrogens with two attached hydrogens (primary N) is 1. The third-order valence-electron chi connectivity index (χ3n) is 3.68. The van der Waals surface area contributed by atoms with Gasteiger partial charge >= 0.3 is 0 Å². The van der Waals surface area contributed by atoms with Crippen molar-refractivity contribution >= 4 is 27.5 Å². The van der Waals surface area contributed by atoms with Crippen LogP contribution in [0.15, 0.2) is 40.9 Å². The van der Waals surface area contributed by atoms with Gasteiger partial charge in [-0.15, -0.1) is 0 Å². The molecule has 0 heterocycles. The zero-order valence-corrected chi connectivity index (χ0v) is 16.7. The molecule has 0 atom stereocenters. The van der Waals surface area contributed by atoms with Crippen molar-refractivity contribution in [3.63, 3.8) is 0 Å². The second-order valence-electron chi connectivity index (χ2n) is 6.10. The van der Waals surface area contributed by atoms with Crippen molar-refractivity contribution in [1.82, 2.24) is 0 Å². The van der Waals surface area contributed by atoms with Gasteiger partial charge in [-0.1, -0.05) is 59.6 Å². The minimum absolute atomic E-state index is 0.404. The molecule has 2 N–H and O–H groups in total. The van der Waals surface area contributed by atoms with E-state index in [4.69, 9.17) is 21.1 Å². The number of methoxy groups -OCH3 is 1. The molecule has 0 amide bonds. The van der Waals surface area contributed by atoms with Crippen LogP contribution < -0.4 is 14.8 Å². The quantitative estimate of drug-likeness (QED) is 0.696. The summed E-state index contributed by atoms with van der Waals surface area (Å²) < 4.78 is 12.4. The molecule has 0 aliphatic carbocycles. The van der Waals surface area contributed by atoms with Gasteiger partial charge in [0, 0.05) is 26.5 Å². The third kappa shape index (κ3) is 5.40. The largest absolute Gasteiger partial charge is 0.493 e. The van der Waals surface area contributed by atoms with E-state index in [1.807, 2.05) is 36.4 Å². The zero-order valence-electron chi connectivity index (χ0n) is 14.3. The van der Waals surface area contributed by atoms with Gasteiger partial charge in [0.05, 0.1) is 13.7 Å². The predicted molar refractivity (Wildman–Crippen MR) is 102 cm³/mol. The molecule has 0 fully saturated rings. The maximum Gasteiger partial charge on any atom is 0.162 e. The van der Waals surface area contributed by atoms with Gasteiger partial charge in [-0.05, 0) is 18.2 Å². The lowest BCUT2D eigenvalue weighted by atomic mass is 10.1. The maximum absolute atomic E-state index is 6.18. The first-order valence-corrected chi connectivity index (χ1v) is 9.22. The van der Waals surface area contributed by atoms with E-state index in [1.165, 1.54) is 5.56 Å². The lowest BCUT2D eigenvalue weighted by molar-refractivity contribution is -0.675. The average molecular weight is 414 g/mol. The standard InChI is InChI=1S/C19H23BrClNO2/c1-13(2)10-22-11-15-8-18(23-3)19(9-16(15)20)24-12-14-6-4-5-7-17(14)21/h4-9,13,22H,10-12H2,1-3H3/p+1. The fraction of sp³-hybridized carbons (Fsp3) is 0.368. The molecular formula is C19H24BrClNO2+. The fourth-order valence-corrected chi connectivity index (χ4v) is 3.02. The van der Waals surface area contributed by atoms with Crippen molar-refractivity contribution in [3.8, 4) is 11.5 Å². The third-order valence-corrected chi connectivity index (χ3v) is 4.78. The van der Waals surface area contributed by atoms with Gasteiger partial charge < -0.3 is 14.8 Å². The normalized spacial score (nSPS) is 10.9. The van der Waals surface area contributed by atoms with Crippen molar-refractivity contribution in [1.29, 1.82) is 0 Å². The summed E-state index contributed by atoms with van der Waals surface area (Å²) in [5.41, 5.74) is 2.14. The Morgan fingerprint density at radius 3 is 2.54 bits per heavy atom. The summed E-state index contributed by atoms with van der Waals surface area (Å²) in [5, 5.41) is 3.00. The molecule has 0 saturated heterocycles. The van der Waals surface area contributed by atoms with Crippen LogP contribution in [-0.2, 0) is 13.2 Å². The van der Waals surface area contributed by atoms with Crippen LogP contribution in [0.5, 0.6) is 11.5 Å². The second-order valence-corrected chi connectivity index (χ2v) is 7.36. The molecule has 130 valence electrons. The van der Waals surface area contributed by atoms with Gasteiger partial charge in [0.15, 0.2) is 11.5 Å². The summed E-state index contributed by atoms with van der Waals surface area (Å²) in [6.45, 7) is 6.84. The van der Waals surface area contributed by atoms with Crippen molar-refractivity contribution in [2.24, 2.45) is 5.92 Å². The first kappa shape index (κ1) is 19.1. The highest BCUT2D eigenvalue weighted by Gasteiger charge is 2.12. The topological polar surface area (TPSA) is 35.1 Å². The van der Waals surface area contributed by atoms with Gasteiger partial charge in [0.25, 0.3) is 0 Å². The maximum atomic E-state index is 6.18. The van der Waals surface area contributed by atoms with E-state index in [0.29, 0.717) is 23.3 Å². The number of quaternary nitrogens is 1. The summed E-state index contributed by atoms with van der Waals surface area (Å²) >= 11 is 9.82. The number of rotatable bonds is 8. The molecule has 3 nitrogen and oxygen atoms in total. The van der Waals surface area contributed by atoms with Gasteiger partial charge in [-0.3, -0.25) is 0 Å². The minimum atomic E-state index is 0.404. The molecular weight excluding hydrogens is 390 g/mol. The van der Waals surface area contributed by atoms with Gasteiger partial charge in [0.1, 0.15) is 13.2 Å². The molecule has 0 aliphatic heterocycles. The Kier molecular flexibility index (Phi) is 7.40. The van der Waals surface area contributed by atoms with Crippen LogP contribution in [0.4, 0.5) is 0 Å². The second kappa shape index (κ2) is 9.30. The molecule has 0 aliphatic rings. The summed E-state index contributed by atoms with van der Waals surface area (Å²) in [6.07, 6.45) is 0. The highest BCUT2D eigenvalue weighted by Crippen LogP contribution is 2.34. The average Bonchev–Trinajstić information content (AvgIpc) is 2.55. The Morgan fingerprint density at radius 2 is 1.88 bits per heavy atom. The highest BCUT2D eigenvalue weighted by molar-refractivity contribution is 9.10. The first-order valence-electron chi connectivity index (χ1n) is 8.05. The first-order chi connectivity index (χ1) is 11.5. The van der Waals surface area contributed by atoms with Crippen molar-refractivity contribution < 1.29 is 14.8 Å². The minimum Gasteiger partial charge on any atom is -0.493 e. The molecule has 0 aromatic heterocycles. The zero-order chi connectivity index (χ0) is 17.5. The van der Waals surface area contributed by atoms with Crippen molar-refractivity contribution in [2.75, 3.05) is 13.7 Å².